The monoisotopic (exact) mass is 309 g/mol. The summed E-state index contributed by atoms with van der Waals surface area (Å²) in [4.78, 5) is 13.5. The molecule has 0 aliphatic rings. The van der Waals surface area contributed by atoms with Gasteiger partial charge in [0.2, 0.25) is 0 Å². The summed E-state index contributed by atoms with van der Waals surface area (Å²) in [6.45, 7) is 8.41. The Morgan fingerprint density at radius 1 is 1.19 bits per heavy atom. The lowest BCUT2D eigenvalue weighted by Crippen LogP contribution is -2.33. The summed E-state index contributed by atoms with van der Waals surface area (Å²) in [5.41, 5.74) is 2.06. The number of esters is 1. The highest BCUT2D eigenvalue weighted by atomic mass is 32.1. The van der Waals surface area contributed by atoms with Crippen LogP contribution >= 0.6 is 12.2 Å². The summed E-state index contributed by atoms with van der Waals surface area (Å²) in [6.07, 6.45) is 0. The quantitative estimate of drug-likeness (QED) is 0.596. The number of ether oxygens (including phenoxy) is 1. The van der Waals surface area contributed by atoms with Gasteiger partial charge in [0, 0.05) is 24.5 Å². The summed E-state index contributed by atoms with van der Waals surface area (Å²) in [6, 6.07) is 8.02. The van der Waals surface area contributed by atoms with Gasteiger partial charge in [-0.3, -0.25) is 4.79 Å². The van der Waals surface area contributed by atoms with E-state index in [0.29, 0.717) is 11.7 Å². The summed E-state index contributed by atoms with van der Waals surface area (Å²) in [7, 11) is 0. The average molecular weight is 309 g/mol. The van der Waals surface area contributed by atoms with Crippen molar-refractivity contribution in [1.82, 2.24) is 5.32 Å². The molecule has 0 atom stereocenters. The lowest BCUT2D eigenvalue weighted by molar-refractivity contribution is -0.141. The normalized spacial score (nSPS) is 9.86. The van der Waals surface area contributed by atoms with Gasteiger partial charge in [0.1, 0.15) is 6.54 Å². The molecule has 2 N–H and O–H groups in total. The molecule has 0 aromatic heterocycles. The van der Waals surface area contributed by atoms with E-state index in [2.05, 4.69) is 29.4 Å². The second-order valence-corrected chi connectivity index (χ2v) is 4.74. The number of anilines is 2. The van der Waals surface area contributed by atoms with Crippen LogP contribution in [0.5, 0.6) is 0 Å². The maximum atomic E-state index is 11.2. The molecule has 0 aliphatic heterocycles. The van der Waals surface area contributed by atoms with Gasteiger partial charge in [-0.2, -0.15) is 0 Å². The molecular formula is C15H23N3O2S. The predicted octanol–water partition coefficient (Wildman–Crippen LogP) is 2.38. The molecule has 0 aliphatic carbocycles. The smallest absolute Gasteiger partial charge is 0.325 e. The van der Waals surface area contributed by atoms with Crippen LogP contribution in [0.25, 0.3) is 0 Å². The third-order valence-electron chi connectivity index (χ3n) is 2.95. The molecule has 0 saturated heterocycles. The Bertz CT molecular complexity index is 458. The lowest BCUT2D eigenvalue weighted by Gasteiger charge is -2.21. The van der Waals surface area contributed by atoms with Crippen LogP contribution in [-0.2, 0) is 9.53 Å². The number of rotatable bonds is 7. The first-order valence-electron chi connectivity index (χ1n) is 7.16. The van der Waals surface area contributed by atoms with E-state index in [-0.39, 0.29) is 12.5 Å². The van der Waals surface area contributed by atoms with Crippen molar-refractivity contribution in [3.63, 3.8) is 0 Å². The van der Waals surface area contributed by atoms with E-state index < -0.39 is 0 Å². The Hall–Kier alpha value is -1.82. The molecular weight excluding hydrogens is 286 g/mol. The molecule has 1 aromatic rings. The maximum Gasteiger partial charge on any atom is 0.325 e. The van der Waals surface area contributed by atoms with Crippen molar-refractivity contribution in [3.05, 3.63) is 24.3 Å². The van der Waals surface area contributed by atoms with Crippen molar-refractivity contribution in [2.75, 3.05) is 36.5 Å². The number of nitrogens with one attached hydrogen (secondary N) is 2. The predicted molar refractivity (Wildman–Crippen MR) is 90.9 cm³/mol. The number of benzene rings is 1. The fourth-order valence-electron chi connectivity index (χ4n) is 1.88. The van der Waals surface area contributed by atoms with E-state index in [1.54, 1.807) is 6.92 Å². The number of hydrogen-bond acceptors (Lipinski definition) is 4. The number of nitrogens with zero attached hydrogens (tertiary/aromatic N) is 1. The standard InChI is InChI=1S/C15H23N3O2S/c1-4-18(5-2)13-9-7-12(8-10-13)17-15(21)16-11-14(19)20-6-3/h7-10H,4-6,11H2,1-3H3,(H2,16,17,21). The highest BCUT2D eigenvalue weighted by Crippen LogP contribution is 2.17. The SMILES string of the molecule is CCOC(=O)CNC(=S)Nc1ccc(N(CC)CC)cc1. The number of carbonyl (C=O) groups is 1. The van der Waals surface area contributed by atoms with E-state index in [1.165, 1.54) is 5.69 Å². The highest BCUT2D eigenvalue weighted by molar-refractivity contribution is 7.80. The molecule has 0 fully saturated rings. The Labute approximate surface area is 131 Å². The third kappa shape index (κ3) is 5.99. The molecule has 1 rings (SSSR count). The van der Waals surface area contributed by atoms with Crippen molar-refractivity contribution < 1.29 is 9.53 Å². The van der Waals surface area contributed by atoms with Crippen LogP contribution in [0.3, 0.4) is 0 Å². The zero-order valence-electron chi connectivity index (χ0n) is 12.8. The molecule has 0 spiro atoms. The third-order valence-corrected chi connectivity index (χ3v) is 3.20. The first-order chi connectivity index (χ1) is 10.1. The van der Waals surface area contributed by atoms with Gasteiger partial charge in [-0.15, -0.1) is 0 Å². The van der Waals surface area contributed by atoms with Crippen molar-refractivity contribution in [1.29, 1.82) is 0 Å². The molecule has 0 radical (unpaired) electrons. The number of thiocarbonyl (C=S) groups is 1. The fourth-order valence-corrected chi connectivity index (χ4v) is 2.07. The Balaban J connectivity index is 2.48. The topological polar surface area (TPSA) is 53.6 Å². The van der Waals surface area contributed by atoms with Gasteiger partial charge in [-0.1, -0.05) is 0 Å². The second-order valence-electron chi connectivity index (χ2n) is 4.33. The van der Waals surface area contributed by atoms with Gasteiger partial charge in [-0.05, 0) is 57.3 Å². The molecule has 0 heterocycles. The van der Waals surface area contributed by atoms with Crippen molar-refractivity contribution in [2.45, 2.75) is 20.8 Å². The molecule has 1 aromatic carbocycles. The van der Waals surface area contributed by atoms with Gasteiger partial charge in [0.05, 0.1) is 6.61 Å². The summed E-state index contributed by atoms with van der Waals surface area (Å²) >= 11 is 5.13. The Morgan fingerprint density at radius 2 is 1.81 bits per heavy atom. The van der Waals surface area contributed by atoms with Crippen molar-refractivity contribution >= 4 is 34.7 Å². The zero-order valence-corrected chi connectivity index (χ0v) is 13.6. The maximum absolute atomic E-state index is 11.2. The van der Waals surface area contributed by atoms with Gasteiger partial charge >= 0.3 is 5.97 Å². The number of hydrogen-bond donors (Lipinski definition) is 2. The van der Waals surface area contributed by atoms with Crippen LogP contribution in [0, 0.1) is 0 Å². The van der Waals surface area contributed by atoms with E-state index in [0.717, 1.165) is 18.8 Å². The molecule has 21 heavy (non-hydrogen) atoms. The van der Waals surface area contributed by atoms with Gasteiger partial charge in [-0.25, -0.2) is 0 Å². The van der Waals surface area contributed by atoms with Crippen LogP contribution in [0.1, 0.15) is 20.8 Å². The summed E-state index contributed by atoms with van der Waals surface area (Å²) in [5.74, 6) is -0.321. The van der Waals surface area contributed by atoms with Crippen LogP contribution in [0.2, 0.25) is 0 Å². The molecule has 0 amide bonds. The van der Waals surface area contributed by atoms with Crippen molar-refractivity contribution in [2.24, 2.45) is 0 Å². The minimum atomic E-state index is -0.321. The van der Waals surface area contributed by atoms with Crippen LogP contribution in [0.4, 0.5) is 11.4 Å². The second kappa shape index (κ2) is 9.18. The van der Waals surface area contributed by atoms with E-state index >= 15 is 0 Å². The minimum Gasteiger partial charge on any atom is -0.465 e. The van der Waals surface area contributed by atoms with Crippen LogP contribution in [0.15, 0.2) is 24.3 Å². The first-order valence-corrected chi connectivity index (χ1v) is 7.57. The fraction of sp³-hybridized carbons (Fsp3) is 0.467. The van der Waals surface area contributed by atoms with Gasteiger partial charge in [0.15, 0.2) is 5.11 Å². The van der Waals surface area contributed by atoms with Crippen LogP contribution in [-0.4, -0.2) is 37.3 Å². The summed E-state index contributed by atoms with van der Waals surface area (Å²) in [5, 5.41) is 6.25. The zero-order chi connectivity index (χ0) is 15.7. The molecule has 5 nitrogen and oxygen atoms in total. The highest BCUT2D eigenvalue weighted by Gasteiger charge is 2.04. The van der Waals surface area contributed by atoms with E-state index in [4.69, 9.17) is 17.0 Å². The number of carbonyl (C=O) groups excluding carboxylic acids is 1. The lowest BCUT2D eigenvalue weighted by atomic mass is 10.2. The Kier molecular flexibility index (Phi) is 7.53. The molecule has 0 unspecified atom stereocenters. The van der Waals surface area contributed by atoms with Crippen molar-refractivity contribution in [3.8, 4) is 0 Å². The first kappa shape index (κ1) is 17.2. The molecule has 116 valence electrons. The molecule has 6 heteroatoms. The molecule has 0 bridgehead atoms. The average Bonchev–Trinajstić information content (AvgIpc) is 2.48. The Morgan fingerprint density at radius 3 is 2.33 bits per heavy atom. The van der Waals surface area contributed by atoms with Gasteiger partial charge in [0.25, 0.3) is 0 Å². The minimum absolute atomic E-state index is 0.0667. The summed E-state index contributed by atoms with van der Waals surface area (Å²) < 4.78 is 4.81. The van der Waals surface area contributed by atoms with Crippen LogP contribution < -0.4 is 15.5 Å². The van der Waals surface area contributed by atoms with E-state index in [1.807, 2.05) is 24.3 Å². The molecule has 0 saturated carbocycles. The van der Waals surface area contributed by atoms with E-state index in [9.17, 15) is 4.79 Å². The van der Waals surface area contributed by atoms with Gasteiger partial charge < -0.3 is 20.3 Å². The largest absolute Gasteiger partial charge is 0.465 e.